The van der Waals surface area contributed by atoms with E-state index in [1.54, 1.807) is 0 Å². The first-order valence-electron chi connectivity index (χ1n) is 4.35. The van der Waals surface area contributed by atoms with Gasteiger partial charge in [0.1, 0.15) is 0 Å². The van der Waals surface area contributed by atoms with E-state index in [2.05, 4.69) is 10.2 Å². The molecule has 1 N–H and O–H groups in total. The molecule has 0 aliphatic carbocycles. The number of carbonyl (C=O) groups is 1. The Morgan fingerprint density at radius 1 is 1.57 bits per heavy atom. The Labute approximate surface area is 79.9 Å². The van der Waals surface area contributed by atoms with Gasteiger partial charge in [-0.15, -0.1) is 10.2 Å². The summed E-state index contributed by atoms with van der Waals surface area (Å²) < 4.78 is 10.3. The largest absolute Gasteiger partial charge is 0.474 e. The van der Waals surface area contributed by atoms with Crippen molar-refractivity contribution in [1.82, 2.24) is 10.2 Å². The van der Waals surface area contributed by atoms with E-state index in [-0.39, 0.29) is 17.9 Å². The normalized spacial score (nSPS) is 26.6. The van der Waals surface area contributed by atoms with Crippen molar-refractivity contribution in [3.63, 3.8) is 0 Å². The molecule has 0 aromatic carbocycles. The van der Waals surface area contributed by atoms with Crippen LogP contribution in [0.5, 0.6) is 0 Å². The molecule has 14 heavy (non-hydrogen) atoms. The summed E-state index contributed by atoms with van der Waals surface area (Å²) in [5, 5.41) is 15.7. The topological polar surface area (TPSA) is 85.5 Å². The van der Waals surface area contributed by atoms with E-state index in [9.17, 15) is 4.79 Å². The molecule has 1 fully saturated rings. The molecule has 2 unspecified atom stereocenters. The third kappa shape index (κ3) is 1.60. The molecule has 1 aliphatic rings. The highest BCUT2D eigenvalue weighted by molar-refractivity contribution is 5.81. The molecule has 0 spiro atoms. The zero-order chi connectivity index (χ0) is 10.1. The van der Waals surface area contributed by atoms with Crippen molar-refractivity contribution in [3.8, 4) is 0 Å². The fraction of sp³-hybridized carbons (Fsp3) is 0.625. The third-order valence-electron chi connectivity index (χ3n) is 2.17. The number of carboxylic acids is 1. The van der Waals surface area contributed by atoms with Gasteiger partial charge in [0.15, 0.2) is 0 Å². The summed E-state index contributed by atoms with van der Waals surface area (Å²) in [6, 6.07) is 0. The summed E-state index contributed by atoms with van der Waals surface area (Å²) in [5.41, 5.74) is 0. The number of rotatable bonds is 2. The molecule has 1 aliphatic heterocycles. The van der Waals surface area contributed by atoms with E-state index >= 15 is 0 Å². The summed E-state index contributed by atoms with van der Waals surface area (Å²) in [5.74, 6) is -1.17. The van der Waals surface area contributed by atoms with Gasteiger partial charge in [0.05, 0.1) is 18.6 Å². The van der Waals surface area contributed by atoms with Crippen molar-refractivity contribution in [2.45, 2.75) is 25.4 Å². The third-order valence-corrected chi connectivity index (χ3v) is 2.17. The van der Waals surface area contributed by atoms with E-state index in [1.165, 1.54) is 0 Å². The molecule has 0 amide bonds. The number of ether oxygens (including phenoxy) is 1. The second kappa shape index (κ2) is 3.38. The lowest BCUT2D eigenvalue weighted by Crippen LogP contribution is -1.98. The van der Waals surface area contributed by atoms with Crippen LogP contribution >= 0.6 is 0 Å². The monoisotopic (exact) mass is 198 g/mol. The van der Waals surface area contributed by atoms with E-state index in [0.717, 1.165) is 6.42 Å². The lowest BCUT2D eigenvalue weighted by Gasteiger charge is -1.98. The van der Waals surface area contributed by atoms with Gasteiger partial charge in [0.25, 0.3) is 0 Å². The van der Waals surface area contributed by atoms with E-state index in [1.807, 2.05) is 6.92 Å². The molecular formula is C8H10N2O4. The fourth-order valence-corrected chi connectivity index (χ4v) is 1.48. The van der Waals surface area contributed by atoms with Gasteiger partial charge in [-0.1, -0.05) is 0 Å². The maximum Gasteiger partial charge on any atom is 0.393 e. The Bertz CT molecular complexity index is 349. The van der Waals surface area contributed by atoms with Crippen molar-refractivity contribution in [2.75, 3.05) is 6.61 Å². The number of carboxylic acid groups (broad SMARTS) is 1. The number of nitrogens with zero attached hydrogens (tertiary/aromatic N) is 2. The molecule has 6 heteroatoms. The quantitative estimate of drug-likeness (QED) is 0.751. The first kappa shape index (κ1) is 9.14. The molecule has 0 radical (unpaired) electrons. The Morgan fingerprint density at radius 2 is 2.36 bits per heavy atom. The molecule has 0 saturated carbocycles. The molecule has 2 rings (SSSR count). The molecule has 76 valence electrons. The van der Waals surface area contributed by atoms with Crippen LogP contribution in [0.25, 0.3) is 0 Å². The van der Waals surface area contributed by atoms with Gasteiger partial charge in [0.2, 0.25) is 5.89 Å². The second-order valence-corrected chi connectivity index (χ2v) is 3.33. The van der Waals surface area contributed by atoms with Gasteiger partial charge >= 0.3 is 11.9 Å². The van der Waals surface area contributed by atoms with Gasteiger partial charge in [-0.2, -0.15) is 0 Å². The lowest BCUT2D eigenvalue weighted by molar-refractivity contribution is 0.0650. The van der Waals surface area contributed by atoms with Gasteiger partial charge in [-0.3, -0.25) is 0 Å². The highest BCUT2D eigenvalue weighted by Gasteiger charge is 2.28. The van der Waals surface area contributed by atoms with Crippen molar-refractivity contribution in [1.29, 1.82) is 0 Å². The van der Waals surface area contributed by atoms with Crippen molar-refractivity contribution >= 4 is 5.97 Å². The minimum atomic E-state index is -1.20. The standard InChI is InChI=1S/C8H10N2O4/c1-4-2-5(3-13-4)6-9-10-7(14-6)8(11)12/h4-5H,2-3H2,1H3,(H,11,12). The predicted molar refractivity (Wildman–Crippen MR) is 44.0 cm³/mol. The Morgan fingerprint density at radius 3 is 2.86 bits per heavy atom. The first-order valence-corrected chi connectivity index (χ1v) is 4.35. The van der Waals surface area contributed by atoms with E-state index in [4.69, 9.17) is 14.3 Å². The summed E-state index contributed by atoms with van der Waals surface area (Å²) in [6.45, 7) is 2.47. The van der Waals surface area contributed by atoms with Crippen LogP contribution in [-0.4, -0.2) is 34.0 Å². The van der Waals surface area contributed by atoms with Crippen LogP contribution in [0, 0.1) is 0 Å². The van der Waals surface area contributed by atoms with Crippen LogP contribution in [0.15, 0.2) is 4.42 Å². The van der Waals surface area contributed by atoms with Crippen LogP contribution in [0.4, 0.5) is 0 Å². The second-order valence-electron chi connectivity index (χ2n) is 3.33. The van der Waals surface area contributed by atoms with E-state index in [0.29, 0.717) is 12.5 Å². The summed E-state index contributed by atoms with van der Waals surface area (Å²) in [7, 11) is 0. The average molecular weight is 198 g/mol. The zero-order valence-corrected chi connectivity index (χ0v) is 7.64. The Hall–Kier alpha value is -1.43. The van der Waals surface area contributed by atoms with Crippen LogP contribution in [0.3, 0.4) is 0 Å². The number of aromatic carboxylic acids is 1. The Kier molecular flexibility index (Phi) is 2.20. The average Bonchev–Trinajstić information content (AvgIpc) is 2.70. The lowest BCUT2D eigenvalue weighted by atomic mass is 10.1. The van der Waals surface area contributed by atoms with E-state index < -0.39 is 5.97 Å². The predicted octanol–water partition coefficient (Wildman–Crippen LogP) is 0.660. The van der Waals surface area contributed by atoms with Gasteiger partial charge < -0.3 is 14.3 Å². The molecule has 6 nitrogen and oxygen atoms in total. The van der Waals surface area contributed by atoms with Crippen molar-refractivity contribution < 1.29 is 19.1 Å². The molecule has 1 saturated heterocycles. The summed E-state index contributed by atoms with van der Waals surface area (Å²) >= 11 is 0. The summed E-state index contributed by atoms with van der Waals surface area (Å²) in [4.78, 5) is 10.5. The maximum atomic E-state index is 10.5. The van der Waals surface area contributed by atoms with Crippen LogP contribution in [0.1, 0.15) is 35.8 Å². The first-order chi connectivity index (χ1) is 6.66. The highest BCUT2D eigenvalue weighted by atomic mass is 16.5. The molecule has 1 aromatic heterocycles. The van der Waals surface area contributed by atoms with Gasteiger partial charge in [-0.05, 0) is 13.3 Å². The van der Waals surface area contributed by atoms with Gasteiger partial charge in [0, 0.05) is 0 Å². The molecule has 2 heterocycles. The minimum absolute atomic E-state index is 0.0330. The van der Waals surface area contributed by atoms with Gasteiger partial charge in [-0.25, -0.2) is 4.79 Å². The van der Waals surface area contributed by atoms with Crippen molar-refractivity contribution in [2.24, 2.45) is 0 Å². The molecular weight excluding hydrogens is 188 g/mol. The SMILES string of the molecule is CC1CC(c2nnc(C(=O)O)o2)CO1. The molecule has 0 bridgehead atoms. The Balaban J connectivity index is 2.13. The highest BCUT2D eigenvalue weighted by Crippen LogP contribution is 2.27. The minimum Gasteiger partial charge on any atom is -0.474 e. The van der Waals surface area contributed by atoms with Crippen LogP contribution in [0.2, 0.25) is 0 Å². The zero-order valence-electron chi connectivity index (χ0n) is 7.64. The molecule has 1 aromatic rings. The maximum absolute atomic E-state index is 10.5. The number of hydrogen-bond donors (Lipinski definition) is 1. The fourth-order valence-electron chi connectivity index (χ4n) is 1.48. The molecule has 2 atom stereocenters. The number of aromatic nitrogens is 2. The smallest absolute Gasteiger partial charge is 0.393 e. The van der Waals surface area contributed by atoms with Crippen molar-refractivity contribution in [3.05, 3.63) is 11.8 Å². The summed E-state index contributed by atoms with van der Waals surface area (Å²) in [6.07, 6.45) is 0.960. The van der Waals surface area contributed by atoms with Crippen LogP contribution in [-0.2, 0) is 4.74 Å². The van der Waals surface area contributed by atoms with Crippen LogP contribution < -0.4 is 0 Å². The number of hydrogen-bond acceptors (Lipinski definition) is 5.